The second-order valence-electron chi connectivity index (χ2n) is 5.11. The van der Waals surface area contributed by atoms with Crippen molar-refractivity contribution in [3.8, 4) is 0 Å². The highest BCUT2D eigenvalue weighted by atomic mass is 19.4. The molecule has 1 aromatic carbocycles. The van der Waals surface area contributed by atoms with Gasteiger partial charge >= 0.3 is 12.1 Å². The van der Waals surface area contributed by atoms with Gasteiger partial charge < -0.3 is 9.64 Å². The summed E-state index contributed by atoms with van der Waals surface area (Å²) in [6.07, 6.45) is -2.58. The number of likely N-dealkylation sites (tertiary alicyclic amines) is 1. The van der Waals surface area contributed by atoms with Crippen LogP contribution < -0.4 is 0 Å². The number of methoxy groups -OCH3 is 1. The van der Waals surface area contributed by atoms with Crippen molar-refractivity contribution in [1.82, 2.24) is 4.90 Å². The summed E-state index contributed by atoms with van der Waals surface area (Å²) in [7, 11) is 1.23. The van der Waals surface area contributed by atoms with E-state index in [0.29, 0.717) is 19.4 Å². The van der Waals surface area contributed by atoms with Gasteiger partial charge in [0.25, 0.3) is 5.91 Å². The molecule has 1 aliphatic heterocycles. The van der Waals surface area contributed by atoms with Crippen LogP contribution in [0.25, 0.3) is 0 Å². The molecule has 1 amide bonds. The molecule has 1 saturated heterocycles. The van der Waals surface area contributed by atoms with Crippen LogP contribution in [0, 0.1) is 0 Å². The number of carbonyl (C=O) groups excluding carboxylic acids is 2. The van der Waals surface area contributed by atoms with Crippen molar-refractivity contribution >= 4 is 11.9 Å². The van der Waals surface area contributed by atoms with E-state index in [0.717, 1.165) is 18.6 Å². The first kappa shape index (κ1) is 16.3. The number of amides is 1. The van der Waals surface area contributed by atoms with Crippen LogP contribution >= 0.6 is 0 Å². The van der Waals surface area contributed by atoms with E-state index in [9.17, 15) is 22.8 Å². The summed E-state index contributed by atoms with van der Waals surface area (Å²) in [6.45, 7) is 0.328. The van der Waals surface area contributed by atoms with Gasteiger partial charge in [-0.2, -0.15) is 13.2 Å². The molecule has 22 heavy (non-hydrogen) atoms. The number of rotatable bonds is 2. The summed E-state index contributed by atoms with van der Waals surface area (Å²) in [6, 6.07) is 3.49. The smallest absolute Gasteiger partial charge is 0.416 e. The zero-order chi connectivity index (χ0) is 16.3. The Labute approximate surface area is 125 Å². The number of nitrogens with zero attached hydrogens (tertiary/aromatic N) is 1. The summed E-state index contributed by atoms with van der Waals surface area (Å²) in [4.78, 5) is 25.5. The summed E-state index contributed by atoms with van der Waals surface area (Å²) in [5, 5.41) is 0. The molecule has 120 valence electrons. The lowest BCUT2D eigenvalue weighted by Gasteiger charge is -2.33. The number of piperidine rings is 1. The third-order valence-corrected chi connectivity index (χ3v) is 3.67. The third-order valence-electron chi connectivity index (χ3n) is 3.67. The average molecular weight is 315 g/mol. The van der Waals surface area contributed by atoms with Crippen molar-refractivity contribution in [3.05, 3.63) is 35.4 Å². The molecular weight excluding hydrogens is 299 g/mol. The number of hydrogen-bond donors (Lipinski definition) is 0. The maximum atomic E-state index is 12.7. The van der Waals surface area contributed by atoms with Crippen molar-refractivity contribution in [3.63, 3.8) is 0 Å². The molecular formula is C15H16F3NO3. The number of carbonyl (C=O) groups is 2. The Morgan fingerprint density at radius 2 is 2.00 bits per heavy atom. The van der Waals surface area contributed by atoms with Crippen LogP contribution in [0.2, 0.25) is 0 Å². The third kappa shape index (κ3) is 3.40. The van der Waals surface area contributed by atoms with E-state index in [-0.39, 0.29) is 5.56 Å². The fraction of sp³-hybridized carbons (Fsp3) is 0.467. The molecule has 0 bridgehead atoms. The zero-order valence-corrected chi connectivity index (χ0v) is 12.0. The molecule has 4 nitrogen and oxygen atoms in total. The highest BCUT2D eigenvalue weighted by Gasteiger charge is 2.35. The summed E-state index contributed by atoms with van der Waals surface area (Å²) in [5.74, 6) is -1.12. The molecule has 0 spiro atoms. The quantitative estimate of drug-likeness (QED) is 0.789. The highest BCUT2D eigenvalue weighted by molar-refractivity contribution is 5.97. The van der Waals surface area contributed by atoms with Gasteiger partial charge in [0.05, 0.1) is 12.7 Å². The minimum atomic E-state index is -4.51. The van der Waals surface area contributed by atoms with Gasteiger partial charge in [0.1, 0.15) is 6.04 Å². The molecule has 1 atom stereocenters. The molecule has 1 aromatic rings. The van der Waals surface area contributed by atoms with E-state index in [4.69, 9.17) is 0 Å². The van der Waals surface area contributed by atoms with E-state index >= 15 is 0 Å². The maximum Gasteiger partial charge on any atom is 0.416 e. The first-order valence-electron chi connectivity index (χ1n) is 6.90. The molecule has 1 unspecified atom stereocenters. The summed E-state index contributed by atoms with van der Waals surface area (Å²) < 4.78 is 42.9. The highest BCUT2D eigenvalue weighted by Crippen LogP contribution is 2.30. The van der Waals surface area contributed by atoms with E-state index in [1.807, 2.05) is 0 Å². The Morgan fingerprint density at radius 1 is 1.27 bits per heavy atom. The average Bonchev–Trinajstić information content (AvgIpc) is 2.52. The Bertz CT molecular complexity index is 571. The molecule has 1 fully saturated rings. The lowest BCUT2D eigenvalue weighted by molar-refractivity contribution is -0.147. The molecule has 0 saturated carbocycles. The predicted molar refractivity (Wildman–Crippen MR) is 72.1 cm³/mol. The summed E-state index contributed by atoms with van der Waals surface area (Å²) >= 11 is 0. The molecule has 2 rings (SSSR count). The van der Waals surface area contributed by atoms with Crippen LogP contribution in [0.15, 0.2) is 24.3 Å². The number of esters is 1. The van der Waals surface area contributed by atoms with Gasteiger partial charge in [0, 0.05) is 12.1 Å². The number of benzene rings is 1. The predicted octanol–water partition coefficient (Wildman–Crippen LogP) is 2.87. The monoisotopic (exact) mass is 315 g/mol. The van der Waals surface area contributed by atoms with Crippen LogP contribution in [0.1, 0.15) is 35.2 Å². The zero-order valence-electron chi connectivity index (χ0n) is 12.0. The van der Waals surface area contributed by atoms with E-state index in [1.54, 1.807) is 0 Å². The van der Waals surface area contributed by atoms with E-state index in [1.165, 1.54) is 24.1 Å². The minimum absolute atomic E-state index is 0.0781. The Morgan fingerprint density at radius 3 is 2.64 bits per heavy atom. The number of halogens is 3. The first-order chi connectivity index (χ1) is 10.3. The van der Waals surface area contributed by atoms with Crippen LogP contribution in [0.4, 0.5) is 13.2 Å². The van der Waals surface area contributed by atoms with Gasteiger partial charge in [-0.25, -0.2) is 4.79 Å². The van der Waals surface area contributed by atoms with Gasteiger partial charge in [-0.05, 0) is 37.5 Å². The SMILES string of the molecule is COC(=O)C1CCCCN1C(=O)c1cccc(C(F)(F)F)c1. The molecule has 1 heterocycles. The standard InChI is InChI=1S/C15H16F3NO3/c1-22-14(21)12-7-2-3-8-19(12)13(20)10-5-4-6-11(9-10)15(16,17)18/h4-6,9,12H,2-3,7-8H2,1H3. The van der Waals surface area contributed by atoms with Crippen molar-refractivity contribution in [2.24, 2.45) is 0 Å². The molecule has 0 radical (unpaired) electrons. The number of ether oxygens (including phenoxy) is 1. The van der Waals surface area contributed by atoms with Gasteiger partial charge in [-0.3, -0.25) is 4.79 Å². The van der Waals surface area contributed by atoms with Crippen LogP contribution in [0.3, 0.4) is 0 Å². The number of alkyl halides is 3. The fourth-order valence-electron chi connectivity index (χ4n) is 2.55. The normalized spacial score (nSPS) is 18.9. The number of hydrogen-bond acceptors (Lipinski definition) is 3. The maximum absolute atomic E-state index is 12.7. The van der Waals surface area contributed by atoms with Crippen molar-refractivity contribution < 1.29 is 27.5 Å². The van der Waals surface area contributed by atoms with Gasteiger partial charge in [-0.15, -0.1) is 0 Å². The Hall–Kier alpha value is -2.05. The van der Waals surface area contributed by atoms with Crippen LogP contribution in [-0.4, -0.2) is 36.5 Å². The fourth-order valence-corrected chi connectivity index (χ4v) is 2.55. The lowest BCUT2D eigenvalue weighted by atomic mass is 10.00. The van der Waals surface area contributed by atoms with Crippen molar-refractivity contribution in [2.45, 2.75) is 31.5 Å². The van der Waals surface area contributed by atoms with Crippen molar-refractivity contribution in [1.29, 1.82) is 0 Å². The molecule has 0 aliphatic carbocycles. The van der Waals surface area contributed by atoms with Gasteiger partial charge in [-0.1, -0.05) is 6.07 Å². The first-order valence-corrected chi connectivity index (χ1v) is 6.90. The molecule has 0 N–H and O–H groups in total. The molecule has 7 heteroatoms. The second kappa shape index (κ2) is 6.37. The lowest BCUT2D eigenvalue weighted by Crippen LogP contribution is -2.48. The van der Waals surface area contributed by atoms with Crippen LogP contribution in [-0.2, 0) is 15.7 Å². The largest absolute Gasteiger partial charge is 0.467 e. The molecule has 1 aliphatic rings. The minimum Gasteiger partial charge on any atom is -0.467 e. The second-order valence-corrected chi connectivity index (χ2v) is 5.11. The van der Waals surface area contributed by atoms with Crippen LogP contribution in [0.5, 0.6) is 0 Å². The van der Waals surface area contributed by atoms with E-state index in [2.05, 4.69) is 4.74 Å². The Balaban J connectivity index is 2.28. The molecule has 0 aromatic heterocycles. The Kier molecular flexibility index (Phi) is 4.73. The topological polar surface area (TPSA) is 46.6 Å². The summed E-state index contributed by atoms with van der Waals surface area (Å²) in [5.41, 5.74) is -0.962. The van der Waals surface area contributed by atoms with Crippen molar-refractivity contribution in [2.75, 3.05) is 13.7 Å². The van der Waals surface area contributed by atoms with Gasteiger partial charge in [0.15, 0.2) is 0 Å². The van der Waals surface area contributed by atoms with Gasteiger partial charge in [0.2, 0.25) is 0 Å². The van der Waals surface area contributed by atoms with E-state index < -0.39 is 29.7 Å².